The second-order valence-electron chi connectivity index (χ2n) is 7.48. The minimum Gasteiger partial charge on any atom is -0.308 e. The second-order valence-corrected chi connectivity index (χ2v) is 7.48. The zero-order chi connectivity index (χ0) is 13.1. The number of piperazine rings is 1. The van der Waals surface area contributed by atoms with Gasteiger partial charge in [0.15, 0.2) is 0 Å². The first-order valence-corrected chi connectivity index (χ1v) is 8.77. The van der Waals surface area contributed by atoms with Gasteiger partial charge in [-0.25, -0.2) is 0 Å². The number of nitrogens with one attached hydrogen (secondary N) is 1. The van der Waals surface area contributed by atoms with Gasteiger partial charge in [0.1, 0.15) is 0 Å². The standard InChI is InChI=1S/C17H32N2/c1-15-13-18-17(10-5-6-11-17)14-19(15)12-9-16-7-3-2-4-8-16/h15-16,18H,2-14H2,1H3. The molecule has 0 aromatic rings. The van der Waals surface area contributed by atoms with Crippen LogP contribution in [0.5, 0.6) is 0 Å². The Morgan fingerprint density at radius 2 is 1.79 bits per heavy atom. The van der Waals surface area contributed by atoms with E-state index in [9.17, 15) is 0 Å². The van der Waals surface area contributed by atoms with E-state index in [2.05, 4.69) is 17.1 Å². The van der Waals surface area contributed by atoms with Crippen molar-refractivity contribution in [2.75, 3.05) is 19.6 Å². The molecule has 2 aliphatic carbocycles. The summed E-state index contributed by atoms with van der Waals surface area (Å²) < 4.78 is 0. The normalized spacial score (nSPS) is 33.0. The van der Waals surface area contributed by atoms with Gasteiger partial charge in [0.2, 0.25) is 0 Å². The average molecular weight is 264 g/mol. The van der Waals surface area contributed by atoms with E-state index in [0.29, 0.717) is 5.54 Å². The molecule has 3 aliphatic rings. The van der Waals surface area contributed by atoms with Gasteiger partial charge in [0, 0.05) is 24.7 Å². The molecule has 3 fully saturated rings. The maximum atomic E-state index is 3.87. The van der Waals surface area contributed by atoms with Crippen LogP contribution in [0.2, 0.25) is 0 Å². The van der Waals surface area contributed by atoms with Crippen molar-refractivity contribution in [3.63, 3.8) is 0 Å². The predicted molar refractivity (Wildman–Crippen MR) is 81.4 cm³/mol. The van der Waals surface area contributed by atoms with Crippen LogP contribution in [0, 0.1) is 5.92 Å². The van der Waals surface area contributed by atoms with Crippen molar-refractivity contribution in [3.8, 4) is 0 Å². The summed E-state index contributed by atoms with van der Waals surface area (Å²) in [4.78, 5) is 2.80. The zero-order valence-corrected chi connectivity index (χ0v) is 12.8. The minimum absolute atomic E-state index is 0.499. The fourth-order valence-electron chi connectivity index (χ4n) is 4.60. The number of rotatable bonds is 3. The molecule has 110 valence electrons. The Morgan fingerprint density at radius 1 is 1.05 bits per heavy atom. The van der Waals surface area contributed by atoms with Crippen molar-refractivity contribution in [1.29, 1.82) is 0 Å². The summed E-state index contributed by atoms with van der Waals surface area (Å²) in [5, 5.41) is 3.87. The molecule has 1 atom stereocenters. The van der Waals surface area contributed by atoms with E-state index in [1.54, 1.807) is 0 Å². The van der Waals surface area contributed by atoms with Crippen LogP contribution >= 0.6 is 0 Å². The highest BCUT2D eigenvalue weighted by atomic mass is 15.2. The number of hydrogen-bond donors (Lipinski definition) is 1. The molecule has 3 rings (SSSR count). The summed E-state index contributed by atoms with van der Waals surface area (Å²) in [7, 11) is 0. The Morgan fingerprint density at radius 3 is 2.53 bits per heavy atom. The van der Waals surface area contributed by atoms with E-state index in [1.165, 1.54) is 83.8 Å². The summed E-state index contributed by atoms with van der Waals surface area (Å²) >= 11 is 0. The molecule has 0 aromatic heterocycles. The molecule has 2 heteroatoms. The summed E-state index contributed by atoms with van der Waals surface area (Å²) in [6.45, 7) is 6.30. The third-order valence-corrected chi connectivity index (χ3v) is 6.01. The van der Waals surface area contributed by atoms with Crippen LogP contribution < -0.4 is 5.32 Å². The number of nitrogens with zero attached hydrogens (tertiary/aromatic N) is 1. The Labute approximate surface area is 119 Å². The first kappa shape index (κ1) is 13.9. The summed E-state index contributed by atoms with van der Waals surface area (Å²) in [5.74, 6) is 1.04. The molecular weight excluding hydrogens is 232 g/mol. The summed E-state index contributed by atoms with van der Waals surface area (Å²) in [6, 6.07) is 0.745. The Kier molecular flexibility index (Phi) is 4.48. The Balaban J connectivity index is 1.50. The van der Waals surface area contributed by atoms with Crippen LogP contribution in [-0.4, -0.2) is 36.1 Å². The molecule has 0 amide bonds. The van der Waals surface area contributed by atoms with E-state index in [-0.39, 0.29) is 0 Å². The first-order valence-electron chi connectivity index (χ1n) is 8.77. The van der Waals surface area contributed by atoms with Crippen LogP contribution in [0.4, 0.5) is 0 Å². The van der Waals surface area contributed by atoms with Gasteiger partial charge >= 0.3 is 0 Å². The topological polar surface area (TPSA) is 15.3 Å². The smallest absolute Gasteiger partial charge is 0.0309 e. The van der Waals surface area contributed by atoms with Crippen molar-refractivity contribution in [1.82, 2.24) is 10.2 Å². The third-order valence-electron chi connectivity index (χ3n) is 6.01. The maximum Gasteiger partial charge on any atom is 0.0309 e. The van der Waals surface area contributed by atoms with Crippen LogP contribution in [0.25, 0.3) is 0 Å². The van der Waals surface area contributed by atoms with Crippen molar-refractivity contribution >= 4 is 0 Å². The molecule has 2 nitrogen and oxygen atoms in total. The number of hydrogen-bond acceptors (Lipinski definition) is 2. The quantitative estimate of drug-likeness (QED) is 0.838. The van der Waals surface area contributed by atoms with Gasteiger partial charge in [-0.1, -0.05) is 44.9 Å². The molecule has 1 aliphatic heterocycles. The van der Waals surface area contributed by atoms with Gasteiger partial charge in [-0.15, -0.1) is 0 Å². The molecule has 1 spiro atoms. The van der Waals surface area contributed by atoms with E-state index >= 15 is 0 Å². The van der Waals surface area contributed by atoms with Gasteiger partial charge in [-0.05, 0) is 38.6 Å². The Hall–Kier alpha value is -0.0800. The lowest BCUT2D eigenvalue weighted by molar-refractivity contribution is 0.0813. The molecule has 0 bridgehead atoms. The molecule has 1 heterocycles. The van der Waals surface area contributed by atoms with Crippen molar-refractivity contribution in [2.24, 2.45) is 5.92 Å². The van der Waals surface area contributed by atoms with Crippen LogP contribution in [-0.2, 0) is 0 Å². The minimum atomic E-state index is 0.499. The summed E-state index contributed by atoms with van der Waals surface area (Å²) in [5.41, 5.74) is 0.499. The molecule has 2 saturated carbocycles. The highest BCUT2D eigenvalue weighted by Crippen LogP contribution is 2.34. The molecule has 1 unspecified atom stereocenters. The summed E-state index contributed by atoms with van der Waals surface area (Å²) in [6.07, 6.45) is 14.7. The monoisotopic (exact) mass is 264 g/mol. The van der Waals surface area contributed by atoms with Gasteiger partial charge < -0.3 is 5.32 Å². The van der Waals surface area contributed by atoms with Crippen LogP contribution in [0.1, 0.15) is 71.1 Å². The van der Waals surface area contributed by atoms with E-state index < -0.39 is 0 Å². The lowest BCUT2D eigenvalue weighted by Crippen LogP contribution is -2.62. The molecule has 1 N–H and O–H groups in total. The zero-order valence-electron chi connectivity index (χ0n) is 12.8. The van der Waals surface area contributed by atoms with Crippen molar-refractivity contribution in [3.05, 3.63) is 0 Å². The highest BCUT2D eigenvalue weighted by Gasteiger charge is 2.39. The largest absolute Gasteiger partial charge is 0.308 e. The highest BCUT2D eigenvalue weighted by molar-refractivity contribution is 5.00. The Bertz CT molecular complexity index is 277. The molecule has 0 aromatic carbocycles. The van der Waals surface area contributed by atoms with Gasteiger partial charge in [-0.3, -0.25) is 4.90 Å². The van der Waals surface area contributed by atoms with Crippen molar-refractivity contribution in [2.45, 2.75) is 82.7 Å². The average Bonchev–Trinajstić information content (AvgIpc) is 2.90. The third kappa shape index (κ3) is 3.33. The fraction of sp³-hybridized carbons (Fsp3) is 1.00. The molecule has 19 heavy (non-hydrogen) atoms. The van der Waals surface area contributed by atoms with Gasteiger partial charge in [0.25, 0.3) is 0 Å². The first-order chi connectivity index (χ1) is 9.27. The fourth-order valence-corrected chi connectivity index (χ4v) is 4.60. The maximum absolute atomic E-state index is 3.87. The van der Waals surface area contributed by atoms with Gasteiger partial charge in [0.05, 0.1) is 0 Å². The predicted octanol–water partition coefficient (Wildman–Crippen LogP) is 3.56. The van der Waals surface area contributed by atoms with Crippen LogP contribution in [0.15, 0.2) is 0 Å². The molecule has 1 saturated heterocycles. The van der Waals surface area contributed by atoms with E-state index in [1.807, 2.05) is 0 Å². The SMILES string of the molecule is CC1CNC2(CCCC2)CN1CCC1CCCCC1. The van der Waals surface area contributed by atoms with Gasteiger partial charge in [-0.2, -0.15) is 0 Å². The van der Waals surface area contributed by atoms with Crippen molar-refractivity contribution < 1.29 is 0 Å². The van der Waals surface area contributed by atoms with E-state index in [0.717, 1.165) is 12.0 Å². The lowest BCUT2D eigenvalue weighted by Gasteiger charge is -2.46. The second kappa shape index (κ2) is 6.13. The van der Waals surface area contributed by atoms with Crippen LogP contribution in [0.3, 0.4) is 0 Å². The lowest BCUT2D eigenvalue weighted by atomic mass is 9.86. The molecule has 0 radical (unpaired) electrons. The van der Waals surface area contributed by atoms with E-state index in [4.69, 9.17) is 0 Å². The molecular formula is C17H32N2.